The van der Waals surface area contributed by atoms with Gasteiger partial charge in [0, 0.05) is 32.5 Å². The zero-order valence-corrected chi connectivity index (χ0v) is 14.0. The first-order valence-corrected chi connectivity index (χ1v) is 8.17. The minimum atomic E-state index is -0.298. The van der Waals surface area contributed by atoms with Gasteiger partial charge in [-0.05, 0) is 30.0 Å². The van der Waals surface area contributed by atoms with Crippen molar-refractivity contribution < 1.29 is 14.0 Å². The lowest BCUT2D eigenvalue weighted by atomic mass is 9.88. The Morgan fingerprint density at radius 1 is 1.26 bits per heavy atom. The van der Waals surface area contributed by atoms with Gasteiger partial charge in [-0.1, -0.05) is 26.0 Å². The van der Waals surface area contributed by atoms with Gasteiger partial charge in [0.25, 0.3) is 0 Å². The number of halogens is 1. The Labute approximate surface area is 137 Å². The van der Waals surface area contributed by atoms with Gasteiger partial charge in [-0.15, -0.1) is 0 Å². The van der Waals surface area contributed by atoms with Gasteiger partial charge < -0.3 is 10.2 Å². The predicted octanol–water partition coefficient (Wildman–Crippen LogP) is 2.55. The average Bonchev–Trinajstić information content (AvgIpc) is 2.93. The van der Waals surface area contributed by atoms with E-state index in [1.807, 2.05) is 0 Å². The Hall–Kier alpha value is -1.91. The van der Waals surface area contributed by atoms with Crippen molar-refractivity contribution in [2.24, 2.45) is 11.8 Å². The van der Waals surface area contributed by atoms with Crippen LogP contribution in [-0.4, -0.2) is 36.3 Å². The maximum absolute atomic E-state index is 13.1. The fourth-order valence-electron chi connectivity index (χ4n) is 2.99. The van der Waals surface area contributed by atoms with Gasteiger partial charge in [0.15, 0.2) is 0 Å². The van der Waals surface area contributed by atoms with E-state index in [-0.39, 0.29) is 29.5 Å². The quantitative estimate of drug-likeness (QED) is 0.906. The van der Waals surface area contributed by atoms with Gasteiger partial charge in [-0.2, -0.15) is 0 Å². The van der Waals surface area contributed by atoms with Crippen molar-refractivity contribution >= 4 is 11.8 Å². The second-order valence-corrected chi connectivity index (χ2v) is 6.66. The summed E-state index contributed by atoms with van der Waals surface area (Å²) in [5.74, 6) is -0.193. The zero-order valence-electron chi connectivity index (χ0n) is 14.0. The van der Waals surface area contributed by atoms with Crippen molar-refractivity contribution in [3.63, 3.8) is 0 Å². The molecule has 4 nitrogen and oxygen atoms in total. The fraction of sp³-hybridized carbons (Fsp3) is 0.556. The van der Waals surface area contributed by atoms with E-state index in [0.29, 0.717) is 25.6 Å². The Bertz CT molecular complexity index is 557. The predicted molar refractivity (Wildman–Crippen MR) is 87.3 cm³/mol. The van der Waals surface area contributed by atoms with Crippen LogP contribution in [0.4, 0.5) is 4.39 Å². The summed E-state index contributed by atoms with van der Waals surface area (Å²) in [5.41, 5.74) is 0.902. The SMILES string of the molecule is CC(=O)N1CC(C(=O)NCCC(C)C)C(c2ccc(F)cc2)C1. The first-order valence-electron chi connectivity index (χ1n) is 8.17. The first kappa shape index (κ1) is 17.4. The number of hydrogen-bond donors (Lipinski definition) is 1. The van der Waals surface area contributed by atoms with Crippen LogP contribution in [0.3, 0.4) is 0 Å². The molecule has 1 aliphatic rings. The molecule has 0 radical (unpaired) electrons. The molecule has 23 heavy (non-hydrogen) atoms. The standard InChI is InChI=1S/C18H25FN2O2/c1-12(2)8-9-20-18(23)17-11-21(13(3)22)10-16(17)14-4-6-15(19)7-5-14/h4-7,12,16-17H,8-11H2,1-3H3,(H,20,23). The van der Waals surface area contributed by atoms with Crippen molar-refractivity contribution in [2.45, 2.75) is 33.1 Å². The molecule has 0 aliphatic carbocycles. The van der Waals surface area contributed by atoms with Gasteiger partial charge in [0.05, 0.1) is 5.92 Å². The van der Waals surface area contributed by atoms with Crippen molar-refractivity contribution in [1.29, 1.82) is 0 Å². The van der Waals surface area contributed by atoms with E-state index in [4.69, 9.17) is 0 Å². The maximum Gasteiger partial charge on any atom is 0.225 e. The summed E-state index contributed by atoms with van der Waals surface area (Å²) in [7, 11) is 0. The Morgan fingerprint density at radius 2 is 1.91 bits per heavy atom. The molecule has 1 fully saturated rings. The molecule has 1 saturated heterocycles. The third-order valence-corrected chi connectivity index (χ3v) is 4.42. The molecule has 5 heteroatoms. The molecule has 1 aromatic rings. The minimum Gasteiger partial charge on any atom is -0.356 e. The van der Waals surface area contributed by atoms with Crippen LogP contribution in [-0.2, 0) is 9.59 Å². The van der Waals surface area contributed by atoms with Crippen LogP contribution in [0.15, 0.2) is 24.3 Å². The van der Waals surface area contributed by atoms with Gasteiger partial charge in [-0.25, -0.2) is 4.39 Å². The molecule has 2 amide bonds. The number of amides is 2. The molecule has 2 rings (SSSR count). The highest BCUT2D eigenvalue weighted by atomic mass is 19.1. The van der Waals surface area contributed by atoms with Crippen molar-refractivity contribution in [3.8, 4) is 0 Å². The van der Waals surface area contributed by atoms with Crippen LogP contribution in [0.2, 0.25) is 0 Å². The molecule has 1 heterocycles. The summed E-state index contributed by atoms with van der Waals surface area (Å²) in [6.45, 7) is 7.30. The van der Waals surface area contributed by atoms with Crippen LogP contribution < -0.4 is 5.32 Å². The highest BCUT2D eigenvalue weighted by molar-refractivity contribution is 5.82. The summed E-state index contributed by atoms with van der Waals surface area (Å²) < 4.78 is 13.1. The van der Waals surface area contributed by atoms with Crippen LogP contribution in [0, 0.1) is 17.7 Å². The monoisotopic (exact) mass is 320 g/mol. The first-order chi connectivity index (χ1) is 10.9. The van der Waals surface area contributed by atoms with E-state index in [9.17, 15) is 14.0 Å². The summed E-state index contributed by atoms with van der Waals surface area (Å²) in [6, 6.07) is 6.22. The van der Waals surface area contributed by atoms with E-state index in [1.54, 1.807) is 17.0 Å². The molecule has 2 unspecified atom stereocenters. The number of nitrogens with one attached hydrogen (secondary N) is 1. The normalized spacial score (nSPS) is 20.8. The summed E-state index contributed by atoms with van der Waals surface area (Å²) in [5, 5.41) is 2.98. The molecule has 0 aromatic heterocycles. The second kappa shape index (κ2) is 7.57. The molecule has 0 bridgehead atoms. The van der Waals surface area contributed by atoms with Gasteiger partial charge in [0.2, 0.25) is 11.8 Å². The lowest BCUT2D eigenvalue weighted by Gasteiger charge is -2.18. The summed E-state index contributed by atoms with van der Waals surface area (Å²) in [4.78, 5) is 25.9. The van der Waals surface area contributed by atoms with Crippen LogP contribution in [0.25, 0.3) is 0 Å². The van der Waals surface area contributed by atoms with Crippen molar-refractivity contribution in [2.75, 3.05) is 19.6 Å². The average molecular weight is 320 g/mol. The largest absolute Gasteiger partial charge is 0.356 e. The lowest BCUT2D eigenvalue weighted by Crippen LogP contribution is -2.36. The maximum atomic E-state index is 13.1. The number of benzene rings is 1. The Balaban J connectivity index is 2.11. The minimum absolute atomic E-state index is 0.0243. The zero-order chi connectivity index (χ0) is 17.0. The number of hydrogen-bond acceptors (Lipinski definition) is 2. The number of likely N-dealkylation sites (tertiary alicyclic amines) is 1. The molecule has 0 saturated carbocycles. The molecule has 126 valence electrons. The van der Waals surface area contributed by atoms with E-state index >= 15 is 0 Å². The smallest absolute Gasteiger partial charge is 0.225 e. The van der Waals surface area contributed by atoms with Gasteiger partial charge in [0.1, 0.15) is 5.82 Å². The third kappa shape index (κ3) is 4.53. The van der Waals surface area contributed by atoms with Crippen LogP contribution in [0.1, 0.15) is 38.7 Å². The lowest BCUT2D eigenvalue weighted by molar-refractivity contribution is -0.128. The van der Waals surface area contributed by atoms with Gasteiger partial charge in [-0.3, -0.25) is 9.59 Å². The summed E-state index contributed by atoms with van der Waals surface area (Å²) in [6.07, 6.45) is 0.927. The van der Waals surface area contributed by atoms with Crippen molar-refractivity contribution in [3.05, 3.63) is 35.6 Å². The molecule has 1 N–H and O–H groups in total. The van der Waals surface area contributed by atoms with Crippen LogP contribution >= 0.6 is 0 Å². The summed E-state index contributed by atoms with van der Waals surface area (Å²) >= 11 is 0. The molecule has 2 atom stereocenters. The highest BCUT2D eigenvalue weighted by Crippen LogP contribution is 2.33. The molecule has 1 aromatic carbocycles. The number of rotatable bonds is 5. The van der Waals surface area contributed by atoms with Crippen molar-refractivity contribution in [1.82, 2.24) is 10.2 Å². The van der Waals surface area contributed by atoms with E-state index < -0.39 is 0 Å². The number of carbonyl (C=O) groups excluding carboxylic acids is 2. The Kier molecular flexibility index (Phi) is 5.74. The second-order valence-electron chi connectivity index (χ2n) is 6.66. The molecule has 1 aliphatic heterocycles. The van der Waals surface area contributed by atoms with E-state index in [0.717, 1.165) is 12.0 Å². The topological polar surface area (TPSA) is 49.4 Å². The van der Waals surface area contributed by atoms with Crippen LogP contribution in [0.5, 0.6) is 0 Å². The molecular weight excluding hydrogens is 295 g/mol. The van der Waals surface area contributed by atoms with Gasteiger partial charge >= 0.3 is 0 Å². The molecule has 0 spiro atoms. The third-order valence-electron chi connectivity index (χ3n) is 4.42. The number of nitrogens with zero attached hydrogens (tertiary/aromatic N) is 1. The molecular formula is C18H25FN2O2. The number of carbonyl (C=O) groups is 2. The van der Waals surface area contributed by atoms with E-state index in [1.165, 1.54) is 19.1 Å². The highest BCUT2D eigenvalue weighted by Gasteiger charge is 2.39. The Morgan fingerprint density at radius 3 is 2.48 bits per heavy atom. The fourth-order valence-corrected chi connectivity index (χ4v) is 2.99. The van der Waals surface area contributed by atoms with E-state index in [2.05, 4.69) is 19.2 Å².